The molecule has 1 aliphatic rings. The second-order valence-electron chi connectivity index (χ2n) is 7.43. The molecule has 4 rings (SSSR count). The quantitative estimate of drug-likeness (QED) is 0.369. The number of carbonyl (C=O) groups excluding carboxylic acids is 1. The zero-order chi connectivity index (χ0) is 21.6. The van der Waals surface area contributed by atoms with Crippen LogP contribution in [0.3, 0.4) is 0 Å². The van der Waals surface area contributed by atoms with Crippen LogP contribution in [0, 0.1) is 0 Å². The maximum Gasteiger partial charge on any atom is 0.198 e. The Morgan fingerprint density at radius 2 is 1.84 bits per heavy atom. The van der Waals surface area contributed by atoms with Crippen molar-refractivity contribution in [3.8, 4) is 0 Å². The predicted octanol–water partition coefficient (Wildman–Crippen LogP) is 4.26. The first-order valence-corrected chi connectivity index (χ1v) is 11.2. The van der Waals surface area contributed by atoms with Crippen LogP contribution in [0.25, 0.3) is 0 Å². The fraction of sp³-hybridized carbons (Fsp3) is 0.292. The Morgan fingerprint density at radius 3 is 2.58 bits per heavy atom. The molecular weight excluding hydrogens is 408 g/mol. The molecule has 1 saturated heterocycles. The van der Waals surface area contributed by atoms with E-state index in [1.165, 1.54) is 11.5 Å². The molecule has 31 heavy (non-hydrogen) atoms. The SMILES string of the molecule is CN=C(Nc1cc(C(C)c2cccc(C(=O)c3ccccc3)c2)ns1)N1CCOCC1. The van der Waals surface area contributed by atoms with E-state index in [9.17, 15) is 4.79 Å². The van der Waals surface area contributed by atoms with Crippen molar-refractivity contribution in [2.45, 2.75) is 12.8 Å². The van der Waals surface area contributed by atoms with Crippen molar-refractivity contribution < 1.29 is 9.53 Å². The summed E-state index contributed by atoms with van der Waals surface area (Å²) in [6.45, 7) is 5.18. The number of aromatic nitrogens is 1. The van der Waals surface area contributed by atoms with Crippen molar-refractivity contribution in [3.05, 3.63) is 83.0 Å². The molecule has 0 saturated carbocycles. The van der Waals surface area contributed by atoms with Gasteiger partial charge in [-0.25, -0.2) is 0 Å². The number of hydrogen-bond acceptors (Lipinski definition) is 5. The number of morpholine rings is 1. The highest BCUT2D eigenvalue weighted by Crippen LogP contribution is 2.29. The molecule has 1 aromatic heterocycles. The van der Waals surface area contributed by atoms with E-state index < -0.39 is 0 Å². The van der Waals surface area contributed by atoms with E-state index in [-0.39, 0.29) is 11.7 Å². The van der Waals surface area contributed by atoms with E-state index in [4.69, 9.17) is 4.74 Å². The Hall–Kier alpha value is -3.03. The molecule has 1 fully saturated rings. The number of benzene rings is 2. The fourth-order valence-electron chi connectivity index (χ4n) is 3.59. The van der Waals surface area contributed by atoms with Crippen LogP contribution >= 0.6 is 11.5 Å². The molecule has 3 aromatic rings. The highest BCUT2D eigenvalue weighted by Gasteiger charge is 2.18. The summed E-state index contributed by atoms with van der Waals surface area (Å²) in [5.74, 6) is 0.937. The summed E-state index contributed by atoms with van der Waals surface area (Å²) in [4.78, 5) is 19.4. The standard InChI is InChI=1S/C24H26N4O2S/c1-17(19-9-6-10-20(15-19)23(29)18-7-4-3-5-8-18)21-16-22(31-27-21)26-24(25-2)28-11-13-30-14-12-28/h3-10,15-17H,11-14H2,1-2H3,(H,25,26). The van der Waals surface area contributed by atoms with Gasteiger partial charge in [-0.2, -0.15) is 4.37 Å². The number of anilines is 1. The van der Waals surface area contributed by atoms with Crippen molar-refractivity contribution in [1.82, 2.24) is 9.27 Å². The lowest BCUT2D eigenvalue weighted by atomic mass is 9.94. The molecule has 1 atom stereocenters. The monoisotopic (exact) mass is 434 g/mol. The molecule has 0 aliphatic carbocycles. The van der Waals surface area contributed by atoms with E-state index in [0.717, 1.165) is 35.3 Å². The fourth-order valence-corrected chi connectivity index (χ4v) is 4.31. The van der Waals surface area contributed by atoms with Gasteiger partial charge in [-0.15, -0.1) is 0 Å². The van der Waals surface area contributed by atoms with Gasteiger partial charge in [0, 0.05) is 37.2 Å². The maximum atomic E-state index is 12.8. The molecule has 0 spiro atoms. The highest BCUT2D eigenvalue weighted by molar-refractivity contribution is 7.10. The second kappa shape index (κ2) is 9.85. The first kappa shape index (κ1) is 21.2. The zero-order valence-electron chi connectivity index (χ0n) is 17.7. The van der Waals surface area contributed by atoms with Gasteiger partial charge in [0.25, 0.3) is 0 Å². The minimum atomic E-state index is 0.0320. The van der Waals surface area contributed by atoms with Crippen molar-refractivity contribution in [2.75, 3.05) is 38.7 Å². The molecule has 7 heteroatoms. The lowest BCUT2D eigenvalue weighted by Gasteiger charge is -2.29. The molecule has 2 aromatic carbocycles. The number of ketones is 1. The lowest BCUT2D eigenvalue weighted by molar-refractivity contribution is 0.0680. The van der Waals surface area contributed by atoms with Crippen molar-refractivity contribution in [1.29, 1.82) is 0 Å². The van der Waals surface area contributed by atoms with Crippen molar-refractivity contribution >= 4 is 28.3 Å². The van der Waals surface area contributed by atoms with Crippen molar-refractivity contribution in [3.63, 3.8) is 0 Å². The van der Waals surface area contributed by atoms with E-state index in [1.54, 1.807) is 7.05 Å². The highest BCUT2D eigenvalue weighted by atomic mass is 32.1. The van der Waals surface area contributed by atoms with Gasteiger partial charge < -0.3 is 15.0 Å². The molecule has 2 heterocycles. The van der Waals surface area contributed by atoms with E-state index in [0.29, 0.717) is 24.3 Å². The van der Waals surface area contributed by atoms with E-state index in [2.05, 4.69) is 32.6 Å². The second-order valence-corrected chi connectivity index (χ2v) is 8.23. The van der Waals surface area contributed by atoms with Gasteiger partial charge in [0.1, 0.15) is 5.00 Å². The van der Waals surface area contributed by atoms with Gasteiger partial charge >= 0.3 is 0 Å². The number of ether oxygens (including phenoxy) is 1. The molecule has 0 bridgehead atoms. The number of nitrogens with zero attached hydrogens (tertiary/aromatic N) is 3. The number of guanidine groups is 1. The minimum absolute atomic E-state index is 0.0320. The maximum absolute atomic E-state index is 12.8. The van der Waals surface area contributed by atoms with Crippen LogP contribution in [-0.2, 0) is 4.74 Å². The molecule has 0 radical (unpaired) electrons. The molecule has 6 nitrogen and oxygen atoms in total. The minimum Gasteiger partial charge on any atom is -0.378 e. The Kier molecular flexibility index (Phi) is 6.74. The Labute approximate surface area is 186 Å². The van der Waals surface area contributed by atoms with Crippen LogP contribution in [-0.4, -0.2) is 54.4 Å². The number of hydrogen-bond donors (Lipinski definition) is 1. The largest absolute Gasteiger partial charge is 0.378 e. The first-order chi connectivity index (χ1) is 15.2. The molecule has 160 valence electrons. The van der Waals surface area contributed by atoms with Crippen LogP contribution in [0.1, 0.15) is 40.0 Å². The Balaban J connectivity index is 1.48. The zero-order valence-corrected chi connectivity index (χ0v) is 18.6. The third-order valence-electron chi connectivity index (χ3n) is 5.41. The van der Waals surface area contributed by atoms with Crippen LogP contribution in [0.2, 0.25) is 0 Å². The summed E-state index contributed by atoms with van der Waals surface area (Å²) in [6, 6.07) is 19.3. The molecule has 1 unspecified atom stereocenters. The summed E-state index contributed by atoms with van der Waals surface area (Å²) in [6.07, 6.45) is 0. The van der Waals surface area contributed by atoms with Gasteiger partial charge in [-0.1, -0.05) is 55.5 Å². The topological polar surface area (TPSA) is 66.8 Å². The Bertz CT molecular complexity index is 1060. The van der Waals surface area contributed by atoms with Gasteiger partial charge in [0.2, 0.25) is 0 Å². The molecule has 1 aliphatic heterocycles. The lowest BCUT2D eigenvalue weighted by Crippen LogP contribution is -2.43. The molecular formula is C24H26N4O2S. The van der Waals surface area contributed by atoms with Crippen LogP contribution in [0.5, 0.6) is 0 Å². The summed E-state index contributed by atoms with van der Waals surface area (Å²) in [5.41, 5.74) is 3.42. The smallest absolute Gasteiger partial charge is 0.198 e. The summed E-state index contributed by atoms with van der Waals surface area (Å²) < 4.78 is 10.1. The number of aliphatic imine (C=N–C) groups is 1. The predicted molar refractivity (Wildman–Crippen MR) is 125 cm³/mol. The van der Waals surface area contributed by atoms with Crippen LogP contribution < -0.4 is 5.32 Å². The van der Waals surface area contributed by atoms with Gasteiger partial charge in [-0.05, 0) is 29.2 Å². The van der Waals surface area contributed by atoms with Crippen LogP contribution in [0.4, 0.5) is 5.00 Å². The third kappa shape index (κ3) is 5.00. The van der Waals surface area contributed by atoms with Crippen molar-refractivity contribution in [2.24, 2.45) is 4.99 Å². The van der Waals surface area contributed by atoms with E-state index in [1.807, 2.05) is 54.6 Å². The van der Waals surface area contributed by atoms with Gasteiger partial charge in [-0.3, -0.25) is 9.79 Å². The normalized spacial score (nSPS) is 15.5. The summed E-state index contributed by atoms with van der Waals surface area (Å²) in [7, 11) is 1.79. The number of nitrogens with one attached hydrogen (secondary N) is 1. The Morgan fingerprint density at radius 1 is 1.10 bits per heavy atom. The average Bonchev–Trinajstić information content (AvgIpc) is 3.31. The average molecular weight is 435 g/mol. The summed E-state index contributed by atoms with van der Waals surface area (Å²) in [5, 5.41) is 4.35. The number of carbonyl (C=O) groups is 1. The number of rotatable bonds is 5. The first-order valence-electron chi connectivity index (χ1n) is 10.4. The van der Waals surface area contributed by atoms with E-state index >= 15 is 0 Å². The molecule has 0 amide bonds. The molecule has 1 N–H and O–H groups in total. The van der Waals surface area contributed by atoms with Gasteiger partial charge in [0.05, 0.1) is 18.9 Å². The van der Waals surface area contributed by atoms with Crippen LogP contribution in [0.15, 0.2) is 65.7 Å². The third-order valence-corrected chi connectivity index (χ3v) is 6.13. The summed E-state index contributed by atoms with van der Waals surface area (Å²) >= 11 is 1.42. The van der Waals surface area contributed by atoms with Gasteiger partial charge in [0.15, 0.2) is 11.7 Å².